The number of ether oxygens (including phenoxy) is 3. The van der Waals surface area contributed by atoms with Crippen molar-refractivity contribution >= 4 is 5.97 Å². The van der Waals surface area contributed by atoms with Gasteiger partial charge in [-0.25, -0.2) is 4.39 Å². The summed E-state index contributed by atoms with van der Waals surface area (Å²) in [6.45, 7) is 2.84. The van der Waals surface area contributed by atoms with E-state index >= 15 is 0 Å². The van der Waals surface area contributed by atoms with Gasteiger partial charge in [0.15, 0.2) is 11.6 Å². The highest BCUT2D eigenvalue weighted by Crippen LogP contribution is 2.30. The first-order valence-electron chi connectivity index (χ1n) is 10.5. The zero-order valence-corrected chi connectivity index (χ0v) is 18.1. The third-order valence-electron chi connectivity index (χ3n) is 4.91. The lowest BCUT2D eigenvalue weighted by atomic mass is 9.97. The van der Waals surface area contributed by atoms with Crippen LogP contribution in [0.2, 0.25) is 0 Å². The van der Waals surface area contributed by atoms with Crippen molar-refractivity contribution in [1.29, 1.82) is 0 Å². The first-order valence-corrected chi connectivity index (χ1v) is 10.5. The predicted octanol–water partition coefficient (Wildman–Crippen LogP) is 4.41. The van der Waals surface area contributed by atoms with E-state index in [1.807, 2.05) is 37.3 Å². The number of nitrogens with two attached hydrogens (primary N) is 1. The van der Waals surface area contributed by atoms with E-state index in [1.54, 1.807) is 18.2 Å². The third kappa shape index (κ3) is 6.85. The molecule has 170 valence electrons. The minimum atomic E-state index is -0.922. The molecule has 0 heterocycles. The van der Waals surface area contributed by atoms with Gasteiger partial charge in [0.2, 0.25) is 0 Å². The molecule has 0 fully saturated rings. The van der Waals surface area contributed by atoms with Gasteiger partial charge in [0.25, 0.3) is 0 Å². The van der Waals surface area contributed by atoms with Crippen LogP contribution in [0.25, 0.3) is 0 Å². The van der Waals surface area contributed by atoms with Gasteiger partial charge < -0.3 is 25.1 Å². The number of rotatable bonds is 11. The average Bonchev–Trinajstić information content (AvgIpc) is 2.75. The normalized spacial score (nSPS) is 17.2. The van der Waals surface area contributed by atoms with Gasteiger partial charge in [-0.1, -0.05) is 24.3 Å². The molecule has 0 spiro atoms. The number of benzene rings is 2. The molecule has 6 nitrogen and oxygen atoms in total. The molecular weight excluding hydrogens is 413 g/mol. The van der Waals surface area contributed by atoms with E-state index in [0.717, 1.165) is 12.0 Å². The summed E-state index contributed by atoms with van der Waals surface area (Å²) in [5.74, 6) is -0.159. The number of hydrogen-bond donors (Lipinski definition) is 2. The van der Waals surface area contributed by atoms with Crippen LogP contribution in [0.1, 0.15) is 30.9 Å². The molecule has 0 saturated carbocycles. The maximum absolute atomic E-state index is 14.4. The van der Waals surface area contributed by atoms with E-state index in [0.29, 0.717) is 30.2 Å². The topological polar surface area (TPSA) is 91.0 Å². The van der Waals surface area contributed by atoms with Crippen molar-refractivity contribution in [2.24, 2.45) is 5.73 Å². The lowest BCUT2D eigenvalue weighted by Gasteiger charge is -2.28. The fourth-order valence-corrected chi connectivity index (χ4v) is 3.31. The zero-order valence-electron chi connectivity index (χ0n) is 18.1. The van der Waals surface area contributed by atoms with Gasteiger partial charge in [-0.3, -0.25) is 4.79 Å². The minimum absolute atomic E-state index is 0.0537. The minimum Gasteiger partial charge on any atom is -0.492 e. The fraction of sp³-hybridized carbons (Fsp3) is 0.320. The van der Waals surface area contributed by atoms with Crippen LogP contribution < -0.4 is 19.9 Å². The van der Waals surface area contributed by atoms with Crippen molar-refractivity contribution in [3.8, 4) is 17.2 Å². The Morgan fingerprint density at radius 3 is 2.62 bits per heavy atom. The standard InChI is InChI=1S/C25H28FNO5/c1-25(9-3-2-4-10-25)32-21-14-19(13-20(16-21)30-12-11-27)17-31-23-7-5-18(15-22(23)26)6-8-24(28)29/h2-5,7,9,13-16H,6,8,10-12,17,27H2,1H3,(H,28,29). The maximum Gasteiger partial charge on any atom is 0.303 e. The first-order chi connectivity index (χ1) is 15.4. The fourth-order valence-electron chi connectivity index (χ4n) is 3.31. The largest absolute Gasteiger partial charge is 0.492 e. The van der Waals surface area contributed by atoms with Crippen LogP contribution >= 0.6 is 0 Å². The van der Waals surface area contributed by atoms with Crippen LogP contribution in [0.4, 0.5) is 4.39 Å². The summed E-state index contributed by atoms with van der Waals surface area (Å²) in [6, 6.07) is 9.93. The van der Waals surface area contributed by atoms with E-state index in [1.165, 1.54) is 12.1 Å². The van der Waals surface area contributed by atoms with Gasteiger partial charge in [-0.2, -0.15) is 0 Å². The van der Waals surface area contributed by atoms with Crippen molar-refractivity contribution in [1.82, 2.24) is 0 Å². The maximum atomic E-state index is 14.4. The van der Waals surface area contributed by atoms with Crippen LogP contribution in [0.15, 0.2) is 60.7 Å². The molecule has 7 heteroatoms. The Bertz CT molecular complexity index is 1000. The molecule has 32 heavy (non-hydrogen) atoms. The Morgan fingerprint density at radius 1 is 1.12 bits per heavy atom. The van der Waals surface area contributed by atoms with Gasteiger partial charge in [-0.15, -0.1) is 0 Å². The van der Waals surface area contributed by atoms with Gasteiger partial charge >= 0.3 is 5.97 Å². The summed E-state index contributed by atoms with van der Waals surface area (Å²) < 4.78 is 32.0. The second kappa shape index (κ2) is 10.8. The zero-order chi connectivity index (χ0) is 23.0. The molecule has 0 aliphatic heterocycles. The highest BCUT2D eigenvalue weighted by atomic mass is 19.1. The van der Waals surface area contributed by atoms with E-state index in [4.69, 9.17) is 25.1 Å². The summed E-state index contributed by atoms with van der Waals surface area (Å²) in [7, 11) is 0. The molecule has 3 rings (SSSR count). The van der Waals surface area contributed by atoms with Crippen molar-refractivity contribution in [2.45, 2.75) is 38.4 Å². The lowest BCUT2D eigenvalue weighted by Crippen LogP contribution is -2.30. The highest BCUT2D eigenvalue weighted by Gasteiger charge is 2.23. The summed E-state index contributed by atoms with van der Waals surface area (Å²) >= 11 is 0. The molecule has 2 aromatic carbocycles. The Labute approximate surface area is 187 Å². The van der Waals surface area contributed by atoms with Crippen LogP contribution in [0, 0.1) is 5.82 Å². The van der Waals surface area contributed by atoms with Crippen molar-refractivity contribution in [3.05, 3.63) is 77.6 Å². The Kier molecular flexibility index (Phi) is 7.89. The number of carboxylic acids is 1. The smallest absolute Gasteiger partial charge is 0.303 e. The van der Waals surface area contributed by atoms with Crippen LogP contribution in [-0.2, 0) is 17.8 Å². The van der Waals surface area contributed by atoms with Gasteiger partial charge in [-0.05, 0) is 54.8 Å². The SMILES string of the molecule is CC1(Oc2cc(COc3ccc(CCC(=O)O)cc3F)cc(OCCN)c2)C=CC=CC1. The molecule has 0 aromatic heterocycles. The summed E-state index contributed by atoms with van der Waals surface area (Å²) in [6.07, 6.45) is 8.91. The van der Waals surface area contributed by atoms with E-state index in [-0.39, 0.29) is 25.2 Å². The second-order valence-electron chi connectivity index (χ2n) is 7.80. The van der Waals surface area contributed by atoms with E-state index in [9.17, 15) is 9.18 Å². The Hall–Kier alpha value is -3.32. The molecule has 1 aliphatic carbocycles. The number of halogens is 1. The summed E-state index contributed by atoms with van der Waals surface area (Å²) in [4.78, 5) is 10.7. The molecule has 0 saturated heterocycles. The molecule has 1 aliphatic rings. The number of carbonyl (C=O) groups is 1. The van der Waals surface area contributed by atoms with E-state index < -0.39 is 17.4 Å². The quantitative estimate of drug-likeness (QED) is 0.537. The Morgan fingerprint density at radius 2 is 1.94 bits per heavy atom. The van der Waals surface area contributed by atoms with E-state index in [2.05, 4.69) is 0 Å². The molecule has 1 atom stereocenters. The molecule has 0 radical (unpaired) electrons. The number of hydrogen-bond acceptors (Lipinski definition) is 5. The molecule has 2 aromatic rings. The monoisotopic (exact) mass is 441 g/mol. The number of aryl methyl sites for hydroxylation is 1. The molecule has 0 bridgehead atoms. The van der Waals surface area contributed by atoms with Crippen LogP contribution in [-0.4, -0.2) is 29.8 Å². The summed E-state index contributed by atoms with van der Waals surface area (Å²) in [5, 5.41) is 8.77. The molecular formula is C25H28FNO5. The Balaban J connectivity index is 1.72. The average molecular weight is 441 g/mol. The summed E-state index contributed by atoms with van der Waals surface area (Å²) in [5.41, 5.74) is 6.43. The lowest BCUT2D eigenvalue weighted by molar-refractivity contribution is -0.136. The molecule has 3 N–H and O–H groups in total. The number of allylic oxidation sites excluding steroid dienone is 2. The molecule has 0 amide bonds. The molecule has 1 unspecified atom stereocenters. The van der Waals surface area contributed by atoms with Crippen LogP contribution in [0.5, 0.6) is 17.2 Å². The number of aliphatic carboxylic acids is 1. The second-order valence-corrected chi connectivity index (χ2v) is 7.80. The van der Waals surface area contributed by atoms with Gasteiger partial charge in [0.1, 0.15) is 30.3 Å². The van der Waals surface area contributed by atoms with Gasteiger partial charge in [0, 0.05) is 25.5 Å². The van der Waals surface area contributed by atoms with Gasteiger partial charge in [0.05, 0.1) is 0 Å². The third-order valence-corrected chi connectivity index (χ3v) is 4.91. The van der Waals surface area contributed by atoms with Crippen molar-refractivity contribution in [3.63, 3.8) is 0 Å². The van der Waals surface area contributed by atoms with Crippen LogP contribution in [0.3, 0.4) is 0 Å². The highest BCUT2D eigenvalue weighted by molar-refractivity contribution is 5.67. The predicted molar refractivity (Wildman–Crippen MR) is 120 cm³/mol. The first kappa shape index (κ1) is 23.3. The number of carboxylic acid groups (broad SMARTS) is 1. The van der Waals surface area contributed by atoms with Crippen molar-refractivity contribution < 1.29 is 28.5 Å². The van der Waals surface area contributed by atoms with Crippen molar-refractivity contribution in [2.75, 3.05) is 13.2 Å².